The van der Waals surface area contributed by atoms with Gasteiger partial charge >= 0.3 is 6.29 Å². The summed E-state index contributed by atoms with van der Waals surface area (Å²) in [5, 5.41) is 22.7. The largest absolute Gasteiger partial charge is 0.586 e. The van der Waals surface area contributed by atoms with Gasteiger partial charge < -0.3 is 44.1 Å². The first-order valence-electron chi connectivity index (χ1n) is 14.3. The van der Waals surface area contributed by atoms with Crippen LogP contribution in [0.25, 0.3) is 0 Å². The second-order valence-corrected chi connectivity index (χ2v) is 11.7. The normalized spacial score (nSPS) is 27.2. The number of hydrogen-bond donors (Lipinski definition) is 3. The van der Waals surface area contributed by atoms with Gasteiger partial charge in [0, 0.05) is 49.0 Å². The maximum Gasteiger partial charge on any atom is 0.586 e. The summed E-state index contributed by atoms with van der Waals surface area (Å²) in [7, 11) is 1.52. The highest BCUT2D eigenvalue weighted by Gasteiger charge is 2.49. The number of β-amino-alcohol motifs (C(OH)–C–C–N with tert-alkyl or cyclic N) is 2. The second kappa shape index (κ2) is 10.4. The van der Waals surface area contributed by atoms with E-state index in [0.717, 1.165) is 0 Å². The summed E-state index contributed by atoms with van der Waals surface area (Å²) in [4.78, 5) is 32.6. The molecule has 1 saturated heterocycles. The lowest BCUT2D eigenvalue weighted by molar-refractivity contribution is -0.286. The van der Waals surface area contributed by atoms with E-state index < -0.39 is 42.0 Å². The van der Waals surface area contributed by atoms with E-state index in [-0.39, 0.29) is 54.8 Å². The van der Waals surface area contributed by atoms with Crippen LogP contribution in [0.3, 0.4) is 0 Å². The summed E-state index contributed by atoms with van der Waals surface area (Å²) >= 11 is 0. The molecular formula is C31H29F2N3O9. The van der Waals surface area contributed by atoms with Gasteiger partial charge in [0.15, 0.2) is 11.5 Å². The average Bonchev–Trinajstić information content (AvgIpc) is 3.65. The number of aliphatic hydroxyl groups excluding tert-OH is 2. The quantitative estimate of drug-likeness (QED) is 0.387. The number of carbonyl (C=O) groups is 2. The zero-order valence-electron chi connectivity index (χ0n) is 24.2. The number of methoxy groups -OCH3 is 1. The fourth-order valence-corrected chi connectivity index (χ4v) is 6.07. The lowest BCUT2D eigenvalue weighted by Crippen LogP contribution is -2.46. The summed E-state index contributed by atoms with van der Waals surface area (Å²) in [5.74, 6) is 0.139. The third kappa shape index (κ3) is 5.03. The van der Waals surface area contributed by atoms with Crippen molar-refractivity contribution < 1.29 is 52.3 Å². The Kier molecular flexibility index (Phi) is 6.74. The number of pyridine rings is 1. The van der Waals surface area contributed by atoms with Crippen molar-refractivity contribution in [2.45, 2.75) is 49.4 Å². The Morgan fingerprint density at radius 3 is 2.44 bits per heavy atom. The van der Waals surface area contributed by atoms with E-state index >= 15 is 0 Å². The number of aromatic nitrogens is 1. The van der Waals surface area contributed by atoms with Crippen LogP contribution in [0, 0.1) is 0 Å². The van der Waals surface area contributed by atoms with Gasteiger partial charge in [-0.2, -0.15) is 0 Å². The Bertz CT molecular complexity index is 1680. The minimum absolute atomic E-state index is 0.0255. The van der Waals surface area contributed by atoms with Gasteiger partial charge in [0.25, 0.3) is 5.91 Å². The van der Waals surface area contributed by atoms with Crippen LogP contribution in [0.5, 0.6) is 28.7 Å². The molecule has 45 heavy (non-hydrogen) atoms. The SMILES string of the molecule is COc1ccc2c(c1)O[C@@H](c1ccc(C(=O)N3C[C@H](O)[C@@H](O)C3)cn1)C[C@H]2NC(=O)[C@@]1(C)COc2cc3c(cc21)OC(F)(F)O3. The molecule has 2 amide bonds. The molecule has 0 unspecified atom stereocenters. The van der Waals surface area contributed by atoms with Crippen LogP contribution in [0.2, 0.25) is 0 Å². The van der Waals surface area contributed by atoms with Gasteiger partial charge in [-0.1, -0.05) is 0 Å². The van der Waals surface area contributed by atoms with E-state index in [9.17, 15) is 28.6 Å². The van der Waals surface area contributed by atoms with Crippen molar-refractivity contribution in [3.63, 3.8) is 0 Å². The lowest BCUT2D eigenvalue weighted by atomic mass is 9.82. The molecular weight excluding hydrogens is 596 g/mol. The number of ether oxygens (including phenoxy) is 5. The van der Waals surface area contributed by atoms with E-state index in [1.807, 2.05) is 0 Å². The average molecular weight is 626 g/mol. The van der Waals surface area contributed by atoms with Crippen molar-refractivity contribution in [3.8, 4) is 28.7 Å². The van der Waals surface area contributed by atoms with Crippen molar-refractivity contribution in [2.75, 3.05) is 26.8 Å². The minimum atomic E-state index is -3.81. The predicted molar refractivity (Wildman–Crippen MR) is 150 cm³/mol. The van der Waals surface area contributed by atoms with E-state index in [1.54, 1.807) is 37.3 Å². The summed E-state index contributed by atoms with van der Waals surface area (Å²) in [6.07, 6.45) is -4.73. The number of fused-ring (bicyclic) bond motifs is 3. The van der Waals surface area contributed by atoms with Gasteiger partial charge in [0.2, 0.25) is 5.91 Å². The number of halogens is 2. The molecule has 1 aromatic heterocycles. The number of nitrogens with zero attached hydrogens (tertiary/aromatic N) is 2. The standard InChI is InChI=1S/C31H29F2N3O9/c1-30(14-42-24-10-27-26(8-18(24)30)44-31(32,33)45-27)29(40)35-20-9-25(43-23-7-16(41-2)4-5-17(20)23)19-6-3-15(11-34-19)28(39)36-12-21(37)22(38)13-36/h3-8,10-11,20-22,25,37-38H,9,12-14H2,1-2H3,(H,35,40)/t20-,21+,22+,25-,30+/m1/s1. The number of carbonyl (C=O) groups excluding carboxylic acids is 2. The number of rotatable bonds is 5. The van der Waals surface area contributed by atoms with Crippen LogP contribution >= 0.6 is 0 Å². The van der Waals surface area contributed by atoms with Crippen molar-refractivity contribution >= 4 is 11.8 Å². The zero-order chi connectivity index (χ0) is 31.7. The molecule has 5 heterocycles. The van der Waals surface area contributed by atoms with E-state index in [0.29, 0.717) is 28.3 Å². The van der Waals surface area contributed by atoms with Crippen LogP contribution in [0.4, 0.5) is 8.78 Å². The van der Waals surface area contributed by atoms with Gasteiger partial charge in [0.05, 0.1) is 36.6 Å². The molecule has 12 nitrogen and oxygen atoms in total. The van der Waals surface area contributed by atoms with Crippen LogP contribution < -0.4 is 29.0 Å². The Morgan fingerprint density at radius 2 is 1.76 bits per heavy atom. The van der Waals surface area contributed by atoms with E-state index in [1.165, 1.54) is 30.3 Å². The smallest absolute Gasteiger partial charge is 0.497 e. The Morgan fingerprint density at radius 1 is 1.02 bits per heavy atom. The van der Waals surface area contributed by atoms with Crippen molar-refractivity contribution in [1.82, 2.24) is 15.2 Å². The highest BCUT2D eigenvalue weighted by molar-refractivity contribution is 5.94. The molecule has 4 aliphatic heterocycles. The number of likely N-dealkylation sites (tertiary alicyclic amines) is 1. The van der Waals surface area contributed by atoms with Crippen molar-refractivity contribution in [3.05, 3.63) is 71.0 Å². The molecule has 0 spiro atoms. The maximum absolute atomic E-state index is 13.9. The van der Waals surface area contributed by atoms with Crippen molar-refractivity contribution in [1.29, 1.82) is 0 Å². The zero-order valence-corrected chi connectivity index (χ0v) is 24.2. The first kappa shape index (κ1) is 29.0. The molecule has 14 heteroatoms. The molecule has 4 aliphatic rings. The molecule has 3 N–H and O–H groups in total. The van der Waals surface area contributed by atoms with Gasteiger partial charge in [-0.25, -0.2) is 0 Å². The third-order valence-corrected chi connectivity index (χ3v) is 8.65. The Hall–Kier alpha value is -4.69. The molecule has 236 valence electrons. The van der Waals surface area contributed by atoms with Crippen molar-refractivity contribution in [2.24, 2.45) is 0 Å². The number of hydrogen-bond acceptors (Lipinski definition) is 10. The Labute approximate surface area is 255 Å². The number of alkyl halides is 2. The fraction of sp³-hybridized carbons (Fsp3) is 0.387. The summed E-state index contributed by atoms with van der Waals surface area (Å²) in [6.45, 7) is 1.68. The first-order valence-corrected chi connectivity index (χ1v) is 14.3. The molecule has 3 aromatic rings. The lowest BCUT2D eigenvalue weighted by Gasteiger charge is -2.34. The van der Waals surface area contributed by atoms with Crippen LogP contribution in [0.15, 0.2) is 48.7 Å². The highest BCUT2D eigenvalue weighted by Crippen LogP contribution is 2.50. The first-order chi connectivity index (χ1) is 21.4. The molecule has 1 fully saturated rings. The molecule has 0 bridgehead atoms. The van der Waals surface area contributed by atoms with Crippen LogP contribution in [0.1, 0.15) is 52.7 Å². The number of nitrogens with one attached hydrogen (secondary N) is 1. The van der Waals surface area contributed by atoms with Gasteiger partial charge in [-0.3, -0.25) is 14.6 Å². The predicted octanol–water partition coefficient (Wildman–Crippen LogP) is 2.62. The van der Waals surface area contributed by atoms with Crippen LogP contribution in [-0.2, 0) is 10.2 Å². The maximum atomic E-state index is 13.9. The molecule has 2 aromatic carbocycles. The molecule has 5 atom stereocenters. The van der Waals surface area contributed by atoms with Gasteiger partial charge in [0.1, 0.15) is 35.4 Å². The Balaban J connectivity index is 1.14. The van der Waals surface area contributed by atoms with E-state index in [4.69, 9.17) is 14.2 Å². The summed E-state index contributed by atoms with van der Waals surface area (Å²) in [5.41, 5.74) is 0.651. The molecule has 7 rings (SSSR count). The molecule has 0 saturated carbocycles. The van der Waals surface area contributed by atoms with Gasteiger partial charge in [-0.05, 0) is 37.3 Å². The topological polar surface area (TPSA) is 149 Å². The summed E-state index contributed by atoms with van der Waals surface area (Å²) < 4.78 is 53.9. The number of amides is 2. The monoisotopic (exact) mass is 625 g/mol. The summed E-state index contributed by atoms with van der Waals surface area (Å²) in [6, 6.07) is 10.6. The molecule has 0 aliphatic carbocycles. The number of benzene rings is 2. The molecule has 0 radical (unpaired) electrons. The van der Waals surface area contributed by atoms with E-state index in [2.05, 4.69) is 19.8 Å². The second-order valence-electron chi connectivity index (χ2n) is 11.7. The van der Waals surface area contributed by atoms with Crippen LogP contribution in [-0.4, -0.2) is 77.2 Å². The van der Waals surface area contributed by atoms with Gasteiger partial charge in [-0.15, -0.1) is 8.78 Å². The minimum Gasteiger partial charge on any atom is -0.497 e. The number of aliphatic hydroxyl groups is 2. The fourth-order valence-electron chi connectivity index (χ4n) is 6.07. The third-order valence-electron chi connectivity index (χ3n) is 8.65. The highest BCUT2D eigenvalue weighted by atomic mass is 19.3.